The second-order valence-corrected chi connectivity index (χ2v) is 9.14. The van der Waals surface area contributed by atoms with E-state index in [0.29, 0.717) is 12.8 Å². The molecular formula is C15H26N2O3S. The molecule has 1 saturated carbocycles. The van der Waals surface area contributed by atoms with E-state index in [-0.39, 0.29) is 35.2 Å². The summed E-state index contributed by atoms with van der Waals surface area (Å²) in [6.45, 7) is 2.13. The van der Waals surface area contributed by atoms with Crippen molar-refractivity contribution in [1.29, 1.82) is 0 Å². The summed E-state index contributed by atoms with van der Waals surface area (Å²) < 4.78 is 23.3. The smallest absolute Gasteiger partial charge is 0.244 e. The Morgan fingerprint density at radius 1 is 1.24 bits per heavy atom. The van der Waals surface area contributed by atoms with Gasteiger partial charge in [0.15, 0.2) is 0 Å². The van der Waals surface area contributed by atoms with Crippen molar-refractivity contribution >= 4 is 15.7 Å². The molecule has 3 fully saturated rings. The number of sulfone groups is 1. The van der Waals surface area contributed by atoms with Gasteiger partial charge in [0.05, 0.1) is 23.2 Å². The summed E-state index contributed by atoms with van der Waals surface area (Å²) in [4.78, 5) is 15.0. The van der Waals surface area contributed by atoms with Gasteiger partial charge >= 0.3 is 0 Å². The molecule has 0 radical (unpaired) electrons. The van der Waals surface area contributed by atoms with Gasteiger partial charge in [-0.15, -0.1) is 0 Å². The van der Waals surface area contributed by atoms with Crippen LogP contribution in [0.3, 0.4) is 0 Å². The molecule has 1 aliphatic carbocycles. The molecule has 0 bridgehead atoms. The molecule has 2 aliphatic heterocycles. The van der Waals surface area contributed by atoms with Gasteiger partial charge in [0.2, 0.25) is 5.91 Å². The minimum atomic E-state index is -2.88. The maximum Gasteiger partial charge on any atom is 0.244 e. The fraction of sp³-hybridized carbons (Fsp3) is 0.933. The highest BCUT2D eigenvalue weighted by atomic mass is 32.2. The lowest BCUT2D eigenvalue weighted by atomic mass is 9.97. The van der Waals surface area contributed by atoms with Crippen LogP contribution in [0.5, 0.6) is 0 Å². The number of rotatable bonds is 3. The molecule has 21 heavy (non-hydrogen) atoms. The lowest BCUT2D eigenvalue weighted by Crippen LogP contribution is -2.48. The zero-order valence-corrected chi connectivity index (χ0v) is 13.6. The average Bonchev–Trinajstić information content (AvgIpc) is 2.99. The van der Waals surface area contributed by atoms with Crippen LogP contribution >= 0.6 is 0 Å². The number of nitrogens with zero attached hydrogens (tertiary/aromatic N) is 1. The first-order valence-corrected chi connectivity index (χ1v) is 10.1. The van der Waals surface area contributed by atoms with E-state index < -0.39 is 9.84 Å². The van der Waals surface area contributed by atoms with E-state index in [1.165, 1.54) is 0 Å². The van der Waals surface area contributed by atoms with Gasteiger partial charge in [-0.25, -0.2) is 8.42 Å². The fourth-order valence-electron chi connectivity index (χ4n) is 4.24. The normalized spacial score (nSPS) is 32.1. The van der Waals surface area contributed by atoms with Gasteiger partial charge in [0.25, 0.3) is 0 Å². The summed E-state index contributed by atoms with van der Waals surface area (Å²) >= 11 is 0. The maximum atomic E-state index is 13.0. The molecule has 6 heteroatoms. The molecule has 1 unspecified atom stereocenters. The highest BCUT2D eigenvalue weighted by molar-refractivity contribution is 7.91. The summed E-state index contributed by atoms with van der Waals surface area (Å²) in [5.74, 6) is 0.698. The number of nitrogens with one attached hydrogen (secondary N) is 1. The average molecular weight is 314 g/mol. The van der Waals surface area contributed by atoms with E-state index in [1.54, 1.807) is 0 Å². The van der Waals surface area contributed by atoms with Crippen molar-refractivity contribution in [2.24, 2.45) is 0 Å². The Labute approximate surface area is 127 Å². The predicted octanol–water partition coefficient (Wildman–Crippen LogP) is 1.43. The van der Waals surface area contributed by atoms with Crippen molar-refractivity contribution in [1.82, 2.24) is 10.2 Å². The van der Waals surface area contributed by atoms with Crippen molar-refractivity contribution in [3.63, 3.8) is 0 Å². The molecule has 1 atom stereocenters. The Balaban J connectivity index is 1.79. The minimum absolute atomic E-state index is 0.102. The van der Waals surface area contributed by atoms with Gasteiger partial charge in [-0.2, -0.15) is 0 Å². The van der Waals surface area contributed by atoms with Crippen molar-refractivity contribution < 1.29 is 13.2 Å². The van der Waals surface area contributed by atoms with Crippen LogP contribution in [0.1, 0.15) is 58.3 Å². The largest absolute Gasteiger partial charge is 0.322 e. The number of carbonyl (C=O) groups is 1. The second-order valence-electron chi connectivity index (χ2n) is 6.83. The highest BCUT2D eigenvalue weighted by Gasteiger charge is 2.53. The molecule has 0 aromatic rings. The number of hydrogen-bond donors (Lipinski definition) is 1. The summed E-state index contributed by atoms with van der Waals surface area (Å²) in [5, 5.41) is 3.61. The van der Waals surface area contributed by atoms with Crippen LogP contribution in [0.25, 0.3) is 0 Å². The quantitative estimate of drug-likeness (QED) is 0.856. The first-order valence-electron chi connectivity index (χ1n) is 8.28. The number of amides is 1. The van der Waals surface area contributed by atoms with Crippen molar-refractivity contribution in [3.8, 4) is 0 Å². The van der Waals surface area contributed by atoms with Gasteiger partial charge in [-0.3, -0.25) is 10.1 Å². The van der Waals surface area contributed by atoms with Crippen LogP contribution < -0.4 is 5.32 Å². The Hall–Kier alpha value is -0.620. The topological polar surface area (TPSA) is 66.5 Å². The van der Waals surface area contributed by atoms with Gasteiger partial charge in [0, 0.05) is 6.04 Å². The Morgan fingerprint density at radius 2 is 1.86 bits per heavy atom. The Bertz CT molecular complexity index is 497. The molecular weight excluding hydrogens is 288 g/mol. The van der Waals surface area contributed by atoms with E-state index in [0.717, 1.165) is 38.5 Å². The Kier molecular flexibility index (Phi) is 4.03. The van der Waals surface area contributed by atoms with Crippen LogP contribution in [0.2, 0.25) is 0 Å². The summed E-state index contributed by atoms with van der Waals surface area (Å²) in [7, 11) is -2.88. The van der Waals surface area contributed by atoms with Gasteiger partial charge in [0.1, 0.15) is 9.84 Å². The Morgan fingerprint density at radius 3 is 2.43 bits per heavy atom. The van der Waals surface area contributed by atoms with Crippen LogP contribution in [-0.4, -0.2) is 48.5 Å². The van der Waals surface area contributed by atoms with Crippen molar-refractivity contribution in [2.75, 3.05) is 11.5 Å². The second kappa shape index (κ2) is 5.54. The van der Waals surface area contributed by atoms with Crippen LogP contribution in [0, 0.1) is 0 Å². The maximum absolute atomic E-state index is 13.0. The SMILES string of the molecule is CCCC1NC2(CCCC2)C(=O)N1C1CCS(=O)(=O)CC1. The van der Waals surface area contributed by atoms with Crippen molar-refractivity contribution in [2.45, 2.75) is 76.0 Å². The first kappa shape index (κ1) is 15.3. The third kappa shape index (κ3) is 2.72. The molecule has 1 spiro atoms. The standard InChI is InChI=1S/C15H26N2O3S/c1-2-5-13-16-15(8-3-4-9-15)14(18)17(13)12-6-10-21(19,20)11-7-12/h12-13,16H,2-11H2,1H3. The molecule has 5 nitrogen and oxygen atoms in total. The van der Waals surface area contributed by atoms with Crippen LogP contribution in [0.15, 0.2) is 0 Å². The first-order chi connectivity index (χ1) is 9.97. The van der Waals surface area contributed by atoms with Gasteiger partial charge < -0.3 is 4.90 Å². The fourth-order valence-corrected chi connectivity index (χ4v) is 5.70. The molecule has 0 aromatic carbocycles. The zero-order valence-electron chi connectivity index (χ0n) is 12.8. The van der Waals surface area contributed by atoms with E-state index in [2.05, 4.69) is 12.2 Å². The van der Waals surface area contributed by atoms with Crippen LogP contribution in [0.4, 0.5) is 0 Å². The number of carbonyl (C=O) groups excluding carboxylic acids is 1. The molecule has 3 rings (SSSR count). The lowest BCUT2D eigenvalue weighted by Gasteiger charge is -2.35. The zero-order chi connectivity index (χ0) is 15.1. The molecule has 2 saturated heterocycles. The summed E-state index contributed by atoms with van der Waals surface area (Å²) in [6, 6.07) is 0.102. The monoisotopic (exact) mass is 314 g/mol. The molecule has 0 aromatic heterocycles. The summed E-state index contributed by atoms with van der Waals surface area (Å²) in [6.07, 6.45) is 7.40. The molecule has 3 aliphatic rings. The molecule has 2 heterocycles. The molecule has 1 N–H and O–H groups in total. The van der Waals surface area contributed by atoms with Crippen molar-refractivity contribution in [3.05, 3.63) is 0 Å². The van der Waals surface area contributed by atoms with E-state index in [4.69, 9.17) is 0 Å². The predicted molar refractivity (Wildman–Crippen MR) is 81.6 cm³/mol. The third-order valence-corrected chi connectivity index (χ3v) is 7.07. The van der Waals surface area contributed by atoms with E-state index in [9.17, 15) is 13.2 Å². The third-order valence-electron chi connectivity index (χ3n) is 5.36. The minimum Gasteiger partial charge on any atom is -0.322 e. The van der Waals surface area contributed by atoms with E-state index in [1.807, 2.05) is 4.90 Å². The van der Waals surface area contributed by atoms with E-state index >= 15 is 0 Å². The summed E-state index contributed by atoms with van der Waals surface area (Å²) in [5.41, 5.74) is -0.337. The highest BCUT2D eigenvalue weighted by Crippen LogP contribution is 2.39. The molecule has 1 amide bonds. The number of hydrogen-bond acceptors (Lipinski definition) is 4. The molecule has 120 valence electrons. The van der Waals surface area contributed by atoms with Crippen LogP contribution in [-0.2, 0) is 14.6 Å². The van der Waals surface area contributed by atoms with Gasteiger partial charge in [-0.1, -0.05) is 26.2 Å². The lowest BCUT2D eigenvalue weighted by molar-refractivity contribution is -0.135. The van der Waals surface area contributed by atoms with Gasteiger partial charge in [-0.05, 0) is 32.1 Å².